The normalized spacial score (nSPS) is 23.8. The predicted octanol–water partition coefficient (Wildman–Crippen LogP) is 1.33. The molecule has 2 aliphatic heterocycles. The van der Waals surface area contributed by atoms with E-state index in [4.69, 9.17) is 11.6 Å². The van der Waals surface area contributed by atoms with Crippen LogP contribution < -0.4 is 5.32 Å². The number of nitrogens with one attached hydrogen (secondary N) is 1. The van der Waals surface area contributed by atoms with Gasteiger partial charge < -0.3 is 15.3 Å². The van der Waals surface area contributed by atoms with Crippen molar-refractivity contribution >= 4 is 23.4 Å². The maximum atomic E-state index is 13.1. The van der Waals surface area contributed by atoms with Crippen LogP contribution in [0.4, 0.5) is 0 Å². The summed E-state index contributed by atoms with van der Waals surface area (Å²) in [4.78, 5) is 27.6. The zero-order valence-electron chi connectivity index (χ0n) is 17.1. The summed E-state index contributed by atoms with van der Waals surface area (Å²) in [5, 5.41) is 25.1. The van der Waals surface area contributed by atoms with Crippen molar-refractivity contribution in [1.82, 2.24) is 30.4 Å². The number of hydrogen-bond donors (Lipinski definition) is 2. The summed E-state index contributed by atoms with van der Waals surface area (Å²) in [7, 11) is 0. The average Bonchev–Trinajstić information content (AvgIpc) is 3.38. The monoisotopic (exact) mass is 432 g/mol. The molecule has 2 atom stereocenters. The van der Waals surface area contributed by atoms with Gasteiger partial charge in [-0.15, -0.1) is 5.10 Å². The molecule has 3 heterocycles. The van der Waals surface area contributed by atoms with Crippen molar-refractivity contribution in [2.24, 2.45) is 11.3 Å². The molecular formula is C20H25ClN6O3. The third-order valence-corrected chi connectivity index (χ3v) is 6.19. The lowest BCUT2D eigenvalue weighted by molar-refractivity contribution is -0.150. The maximum Gasteiger partial charge on any atom is 0.252 e. The molecule has 1 aromatic heterocycles. The lowest BCUT2D eigenvalue weighted by Crippen LogP contribution is -2.52. The Morgan fingerprint density at radius 2 is 2.07 bits per heavy atom. The van der Waals surface area contributed by atoms with Crippen LogP contribution in [0.25, 0.3) is 5.69 Å². The highest BCUT2D eigenvalue weighted by molar-refractivity contribution is 6.30. The van der Waals surface area contributed by atoms with E-state index in [2.05, 4.69) is 20.8 Å². The molecule has 2 amide bonds. The van der Waals surface area contributed by atoms with E-state index < -0.39 is 17.6 Å². The van der Waals surface area contributed by atoms with Gasteiger partial charge in [0, 0.05) is 17.6 Å². The molecule has 2 bridgehead atoms. The van der Waals surface area contributed by atoms with Crippen LogP contribution in [0.15, 0.2) is 24.5 Å². The number of rotatable bonds is 5. The number of tetrazole rings is 1. The molecule has 10 heteroatoms. The number of amides is 2. The summed E-state index contributed by atoms with van der Waals surface area (Å²) >= 11 is 6.14. The summed E-state index contributed by atoms with van der Waals surface area (Å²) in [5.74, 6) is -0.466. The number of halogens is 1. The Morgan fingerprint density at radius 1 is 1.33 bits per heavy atom. The SMILES string of the molecule is CC(C)(C)[C@@H](O)C(=O)N1C2CC(C2)[C@H]1C(=O)NCc1cc(Cl)ccc1-n1cnnn1. The van der Waals surface area contributed by atoms with Crippen LogP contribution in [0.1, 0.15) is 39.2 Å². The summed E-state index contributed by atoms with van der Waals surface area (Å²) in [5.41, 5.74) is 0.865. The molecule has 2 saturated heterocycles. The minimum absolute atomic E-state index is 0.0261. The molecule has 1 aromatic carbocycles. The predicted molar refractivity (Wildman–Crippen MR) is 109 cm³/mol. The third kappa shape index (κ3) is 3.67. The number of aliphatic hydroxyl groups is 1. The molecule has 3 aliphatic rings. The van der Waals surface area contributed by atoms with Crippen molar-refractivity contribution < 1.29 is 14.7 Å². The number of carbonyl (C=O) groups excluding carboxylic acids is 2. The topological polar surface area (TPSA) is 113 Å². The van der Waals surface area contributed by atoms with Gasteiger partial charge in [-0.2, -0.15) is 0 Å². The van der Waals surface area contributed by atoms with Crippen molar-refractivity contribution in [1.29, 1.82) is 0 Å². The standard InChI is InChI=1S/C20H25ClN6O3/c1-20(2,3)17(28)19(30)27-14-7-11(8-14)16(27)18(29)22-9-12-6-13(21)4-5-15(12)26-10-23-24-25-26/h4-6,10-11,14,16-17,28H,7-9H2,1-3H3,(H,22,29)/t11?,14?,16-,17-/m0/s1. The molecule has 2 aromatic rings. The number of fused-ring (bicyclic) bond motifs is 1. The van der Waals surface area contributed by atoms with Crippen LogP contribution in [0.3, 0.4) is 0 Å². The Hall–Kier alpha value is -2.52. The zero-order valence-corrected chi connectivity index (χ0v) is 17.9. The minimum Gasteiger partial charge on any atom is -0.383 e. The fourth-order valence-corrected chi connectivity index (χ4v) is 4.41. The largest absolute Gasteiger partial charge is 0.383 e. The molecule has 0 unspecified atom stereocenters. The fraction of sp³-hybridized carbons (Fsp3) is 0.550. The zero-order chi connectivity index (χ0) is 21.6. The van der Waals surface area contributed by atoms with Crippen LogP contribution in [-0.4, -0.2) is 60.2 Å². The van der Waals surface area contributed by atoms with Gasteiger partial charge in [-0.1, -0.05) is 32.4 Å². The van der Waals surface area contributed by atoms with Gasteiger partial charge in [0.05, 0.1) is 5.69 Å². The highest BCUT2D eigenvalue weighted by Crippen LogP contribution is 2.46. The van der Waals surface area contributed by atoms with Gasteiger partial charge in [-0.3, -0.25) is 9.59 Å². The van der Waals surface area contributed by atoms with E-state index in [0.717, 1.165) is 18.4 Å². The molecule has 3 fully saturated rings. The van der Waals surface area contributed by atoms with Crippen LogP contribution in [-0.2, 0) is 16.1 Å². The van der Waals surface area contributed by atoms with Gasteiger partial charge in [-0.05, 0) is 58.4 Å². The fourth-order valence-electron chi connectivity index (χ4n) is 4.22. The second-order valence-corrected chi connectivity index (χ2v) is 9.53. The molecule has 2 N–H and O–H groups in total. The quantitative estimate of drug-likeness (QED) is 0.736. The summed E-state index contributed by atoms with van der Waals surface area (Å²) in [6.07, 6.45) is 1.92. The molecule has 1 saturated carbocycles. The summed E-state index contributed by atoms with van der Waals surface area (Å²) < 4.78 is 1.50. The smallest absolute Gasteiger partial charge is 0.252 e. The Morgan fingerprint density at radius 3 is 2.70 bits per heavy atom. The number of carbonyl (C=O) groups is 2. The van der Waals surface area contributed by atoms with E-state index in [9.17, 15) is 14.7 Å². The van der Waals surface area contributed by atoms with Gasteiger partial charge in [0.1, 0.15) is 18.5 Å². The Bertz CT molecular complexity index is 952. The first kappa shape index (κ1) is 20.7. The van der Waals surface area contributed by atoms with E-state index in [1.807, 2.05) is 20.8 Å². The van der Waals surface area contributed by atoms with Gasteiger partial charge in [0.25, 0.3) is 5.91 Å². The average molecular weight is 433 g/mol. The van der Waals surface area contributed by atoms with Crippen LogP contribution >= 0.6 is 11.6 Å². The highest BCUT2D eigenvalue weighted by atomic mass is 35.5. The molecule has 9 nitrogen and oxygen atoms in total. The number of benzene rings is 1. The van der Waals surface area contributed by atoms with Crippen molar-refractivity contribution in [2.45, 2.75) is 58.3 Å². The van der Waals surface area contributed by atoms with Gasteiger partial charge in [-0.25, -0.2) is 4.68 Å². The van der Waals surface area contributed by atoms with Crippen LogP contribution in [0.5, 0.6) is 0 Å². The maximum absolute atomic E-state index is 13.1. The molecular weight excluding hydrogens is 408 g/mol. The van der Waals surface area contributed by atoms with E-state index in [0.29, 0.717) is 10.7 Å². The first-order valence-electron chi connectivity index (χ1n) is 9.96. The molecule has 160 valence electrons. The number of hydrogen-bond acceptors (Lipinski definition) is 6. The Labute approximate surface area is 179 Å². The number of aliphatic hydroxyl groups excluding tert-OH is 1. The molecule has 30 heavy (non-hydrogen) atoms. The van der Waals surface area contributed by atoms with E-state index in [-0.39, 0.29) is 30.3 Å². The van der Waals surface area contributed by atoms with Crippen LogP contribution in [0, 0.1) is 11.3 Å². The number of aromatic nitrogens is 4. The number of nitrogens with zero attached hydrogens (tertiary/aromatic N) is 5. The lowest BCUT2D eigenvalue weighted by atomic mass is 9.82. The minimum atomic E-state index is -1.15. The first-order chi connectivity index (χ1) is 14.2. The second-order valence-electron chi connectivity index (χ2n) is 9.09. The highest BCUT2D eigenvalue weighted by Gasteiger charge is 2.57. The van der Waals surface area contributed by atoms with Crippen molar-refractivity contribution in [3.05, 3.63) is 35.1 Å². The summed E-state index contributed by atoms with van der Waals surface area (Å²) in [6, 6.07) is 4.72. The Balaban J connectivity index is 1.50. The van der Waals surface area contributed by atoms with E-state index in [1.165, 1.54) is 11.0 Å². The molecule has 0 radical (unpaired) electrons. The van der Waals surface area contributed by atoms with E-state index in [1.54, 1.807) is 23.1 Å². The van der Waals surface area contributed by atoms with E-state index >= 15 is 0 Å². The van der Waals surface area contributed by atoms with Crippen molar-refractivity contribution in [2.75, 3.05) is 0 Å². The molecule has 0 spiro atoms. The molecule has 5 rings (SSSR count). The second kappa shape index (κ2) is 7.63. The van der Waals surface area contributed by atoms with Gasteiger partial charge in [0.2, 0.25) is 5.91 Å². The lowest BCUT2D eigenvalue weighted by Gasteiger charge is -2.33. The Kier molecular flexibility index (Phi) is 5.27. The van der Waals surface area contributed by atoms with Gasteiger partial charge in [0.15, 0.2) is 0 Å². The van der Waals surface area contributed by atoms with Crippen molar-refractivity contribution in [3.63, 3.8) is 0 Å². The van der Waals surface area contributed by atoms with Crippen LogP contribution in [0.2, 0.25) is 5.02 Å². The molecule has 1 aliphatic carbocycles. The summed E-state index contributed by atoms with van der Waals surface area (Å²) in [6.45, 7) is 5.65. The van der Waals surface area contributed by atoms with Gasteiger partial charge >= 0.3 is 0 Å². The third-order valence-electron chi connectivity index (χ3n) is 5.96. The first-order valence-corrected chi connectivity index (χ1v) is 10.3. The van der Waals surface area contributed by atoms with Crippen molar-refractivity contribution in [3.8, 4) is 5.69 Å².